The molecule has 10 heavy (non-hydrogen) atoms. The number of hydrogen-bond donors (Lipinski definition) is 2. The summed E-state index contributed by atoms with van der Waals surface area (Å²) in [4.78, 5) is 24.3. The van der Waals surface area contributed by atoms with Gasteiger partial charge < -0.3 is 4.84 Å². The summed E-state index contributed by atoms with van der Waals surface area (Å²) < 4.78 is 0. The van der Waals surface area contributed by atoms with Gasteiger partial charge in [-0.25, -0.2) is 4.79 Å². The number of carbonyl (C=O) groups excluding carboxylic acids is 2. The highest BCUT2D eigenvalue weighted by atomic mass is 16.7. The molecule has 1 amide bonds. The van der Waals surface area contributed by atoms with Crippen LogP contribution in [0, 0.1) is 0 Å². The number of rotatable bonds is 2. The highest BCUT2D eigenvalue weighted by Gasteiger charge is 2.04. The number of ketones is 1. The second-order valence-corrected chi connectivity index (χ2v) is 1.57. The lowest BCUT2D eigenvalue weighted by atomic mass is 10.3. The summed E-state index contributed by atoms with van der Waals surface area (Å²) in [5.41, 5.74) is -0.0459. The van der Waals surface area contributed by atoms with Crippen molar-refractivity contribution >= 4 is 11.9 Å². The summed E-state index contributed by atoms with van der Waals surface area (Å²) in [5.74, 6) is 4.11. The van der Waals surface area contributed by atoms with E-state index in [4.69, 9.17) is 0 Å². The number of nitrogens with one attached hydrogen (secondary N) is 1. The Balaban J connectivity index is 3.80. The summed E-state index contributed by atoms with van der Waals surface area (Å²) in [6.45, 7) is 4.49. The molecule has 56 valence electrons. The van der Waals surface area contributed by atoms with Gasteiger partial charge in [0.1, 0.15) is 0 Å². The van der Waals surface area contributed by atoms with E-state index in [9.17, 15) is 9.59 Å². The van der Waals surface area contributed by atoms with Gasteiger partial charge in [0, 0.05) is 6.92 Å². The number of allylic oxidation sites excluding steroid dienone is 1. The molecule has 0 fully saturated rings. The van der Waals surface area contributed by atoms with E-state index in [0.29, 0.717) is 0 Å². The van der Waals surface area contributed by atoms with Crippen molar-refractivity contribution in [2.24, 2.45) is 5.90 Å². The monoisotopic (exact) mass is 144 g/mol. The molecule has 3 N–H and O–H groups in total. The lowest BCUT2D eigenvalue weighted by molar-refractivity contribution is -0.113. The standard InChI is InChI=1S/C5H8N2O3/c1-3(4(2)8)7-5(9)10-6/h1,6H2,2H3,(H,7,9). The van der Waals surface area contributed by atoms with Crippen LogP contribution in [-0.4, -0.2) is 11.9 Å². The van der Waals surface area contributed by atoms with Crippen molar-refractivity contribution in [3.8, 4) is 0 Å². The third-order valence-corrected chi connectivity index (χ3v) is 0.785. The molecular weight excluding hydrogens is 136 g/mol. The molecule has 0 radical (unpaired) electrons. The quantitative estimate of drug-likeness (QED) is 0.411. The second-order valence-electron chi connectivity index (χ2n) is 1.57. The molecule has 0 aliphatic heterocycles. The molecule has 0 aromatic rings. The van der Waals surface area contributed by atoms with Crippen LogP contribution in [0.15, 0.2) is 12.3 Å². The van der Waals surface area contributed by atoms with Crippen LogP contribution < -0.4 is 11.2 Å². The molecular formula is C5H8N2O3. The van der Waals surface area contributed by atoms with E-state index >= 15 is 0 Å². The molecule has 0 saturated heterocycles. The summed E-state index contributed by atoms with van der Waals surface area (Å²) in [6.07, 6.45) is -0.903. The highest BCUT2D eigenvalue weighted by molar-refractivity contribution is 5.95. The van der Waals surface area contributed by atoms with Gasteiger partial charge in [-0.15, -0.1) is 0 Å². The largest absolute Gasteiger partial charge is 0.430 e. The normalized spacial score (nSPS) is 8.20. The Morgan fingerprint density at radius 2 is 2.10 bits per heavy atom. The summed E-state index contributed by atoms with van der Waals surface area (Å²) in [7, 11) is 0. The topological polar surface area (TPSA) is 81.4 Å². The molecule has 0 atom stereocenters. The summed E-state index contributed by atoms with van der Waals surface area (Å²) in [5, 5.41) is 2.00. The molecule has 0 unspecified atom stereocenters. The van der Waals surface area contributed by atoms with Gasteiger partial charge in [0.15, 0.2) is 5.78 Å². The fourth-order valence-electron chi connectivity index (χ4n) is 0.241. The predicted molar refractivity (Wildman–Crippen MR) is 33.6 cm³/mol. The van der Waals surface area contributed by atoms with E-state index in [1.807, 2.05) is 5.32 Å². The van der Waals surface area contributed by atoms with Crippen LogP contribution in [-0.2, 0) is 9.63 Å². The van der Waals surface area contributed by atoms with Crippen LogP contribution in [0.3, 0.4) is 0 Å². The molecule has 0 aliphatic rings. The molecule has 0 heterocycles. The lowest BCUT2D eigenvalue weighted by Crippen LogP contribution is -2.28. The van der Waals surface area contributed by atoms with Crippen molar-refractivity contribution in [2.75, 3.05) is 0 Å². The van der Waals surface area contributed by atoms with Gasteiger partial charge in [-0.05, 0) is 0 Å². The van der Waals surface area contributed by atoms with E-state index in [1.165, 1.54) is 6.92 Å². The SMILES string of the molecule is C=C(NC(=O)ON)C(C)=O. The van der Waals surface area contributed by atoms with Crippen molar-refractivity contribution in [2.45, 2.75) is 6.92 Å². The maximum absolute atomic E-state index is 10.4. The van der Waals surface area contributed by atoms with Gasteiger partial charge >= 0.3 is 6.09 Å². The summed E-state index contributed by atoms with van der Waals surface area (Å²) >= 11 is 0. The van der Waals surface area contributed by atoms with E-state index < -0.39 is 6.09 Å². The third-order valence-electron chi connectivity index (χ3n) is 0.785. The van der Waals surface area contributed by atoms with E-state index in [2.05, 4.69) is 17.3 Å². The fourth-order valence-corrected chi connectivity index (χ4v) is 0.241. The molecule has 5 heteroatoms. The van der Waals surface area contributed by atoms with Gasteiger partial charge in [-0.3, -0.25) is 10.1 Å². The summed E-state index contributed by atoms with van der Waals surface area (Å²) in [6, 6.07) is 0. The Morgan fingerprint density at radius 1 is 1.60 bits per heavy atom. The Labute approximate surface area is 57.8 Å². The van der Waals surface area contributed by atoms with Crippen LogP contribution in [0.2, 0.25) is 0 Å². The van der Waals surface area contributed by atoms with Crippen molar-refractivity contribution in [1.29, 1.82) is 0 Å². The first-order valence-corrected chi connectivity index (χ1v) is 2.45. The first kappa shape index (κ1) is 8.64. The molecule has 0 aromatic carbocycles. The van der Waals surface area contributed by atoms with Crippen LogP contribution in [0.5, 0.6) is 0 Å². The van der Waals surface area contributed by atoms with Gasteiger partial charge in [-0.1, -0.05) is 6.58 Å². The molecule has 0 spiro atoms. The van der Waals surface area contributed by atoms with E-state index in [0.717, 1.165) is 0 Å². The van der Waals surface area contributed by atoms with Crippen molar-refractivity contribution in [3.05, 3.63) is 12.3 Å². The zero-order valence-corrected chi connectivity index (χ0v) is 5.51. The van der Waals surface area contributed by atoms with Crippen molar-refractivity contribution < 1.29 is 14.4 Å². The highest BCUT2D eigenvalue weighted by Crippen LogP contribution is 1.85. The first-order valence-electron chi connectivity index (χ1n) is 2.45. The Kier molecular flexibility index (Phi) is 3.13. The van der Waals surface area contributed by atoms with Gasteiger partial charge in [0.2, 0.25) is 0 Å². The minimum atomic E-state index is -0.903. The Morgan fingerprint density at radius 3 is 2.40 bits per heavy atom. The third kappa shape index (κ3) is 2.83. The predicted octanol–water partition coefficient (Wildman–Crippen LogP) is -0.311. The number of Topliss-reactive ketones (excluding diaryl/α,β-unsaturated/α-hetero) is 1. The van der Waals surface area contributed by atoms with Crippen LogP contribution in [0.4, 0.5) is 4.79 Å². The molecule has 0 aromatic heterocycles. The zero-order valence-electron chi connectivity index (χ0n) is 5.51. The molecule has 5 nitrogen and oxygen atoms in total. The molecule has 0 rings (SSSR count). The average Bonchev–Trinajstić information content (AvgIpc) is 1.87. The maximum atomic E-state index is 10.4. The van der Waals surface area contributed by atoms with Gasteiger partial charge in [0.25, 0.3) is 0 Å². The lowest BCUT2D eigenvalue weighted by Gasteiger charge is -2.00. The van der Waals surface area contributed by atoms with E-state index in [-0.39, 0.29) is 11.5 Å². The second kappa shape index (κ2) is 3.62. The smallest absolute Gasteiger partial charge is 0.357 e. The van der Waals surface area contributed by atoms with Gasteiger partial charge in [-0.2, -0.15) is 5.90 Å². The van der Waals surface area contributed by atoms with Crippen LogP contribution in [0.25, 0.3) is 0 Å². The number of amides is 1. The van der Waals surface area contributed by atoms with Crippen LogP contribution >= 0.6 is 0 Å². The fraction of sp³-hybridized carbons (Fsp3) is 0.200. The van der Waals surface area contributed by atoms with E-state index in [1.54, 1.807) is 0 Å². The maximum Gasteiger partial charge on any atom is 0.430 e. The van der Waals surface area contributed by atoms with Crippen LogP contribution in [0.1, 0.15) is 6.92 Å². The molecule has 0 saturated carbocycles. The van der Waals surface area contributed by atoms with Gasteiger partial charge in [0.05, 0.1) is 5.70 Å². The first-order chi connectivity index (χ1) is 4.57. The number of hydrogen-bond acceptors (Lipinski definition) is 4. The van der Waals surface area contributed by atoms with Crippen molar-refractivity contribution in [1.82, 2.24) is 5.32 Å². The molecule has 0 bridgehead atoms. The minimum absolute atomic E-state index is 0.0459. The van der Waals surface area contributed by atoms with Crippen molar-refractivity contribution in [3.63, 3.8) is 0 Å². The molecule has 0 aliphatic carbocycles. The number of carbonyl (C=O) groups is 2. The average molecular weight is 144 g/mol. The number of nitrogens with two attached hydrogens (primary N) is 1. The zero-order chi connectivity index (χ0) is 8.15. The minimum Gasteiger partial charge on any atom is -0.357 e. The Bertz CT molecular complexity index is 176. The Hall–Kier alpha value is -1.36.